The molecule has 1 aliphatic heterocycles. The summed E-state index contributed by atoms with van der Waals surface area (Å²) in [7, 11) is 1.33. The standard InChI is InChI=1S/C14H14Cl2INO3/c1-21-14(20)11-4-2-3-5-18(11)13(19)9-6-8(15)7-10(16)12(9)17/h6-7,11H,2-5H2,1H3/t11-/m1/s1. The van der Waals surface area contributed by atoms with Gasteiger partial charge in [0.2, 0.25) is 0 Å². The van der Waals surface area contributed by atoms with Gasteiger partial charge in [0.25, 0.3) is 5.91 Å². The number of rotatable bonds is 2. The number of carbonyl (C=O) groups excluding carboxylic acids is 2. The first kappa shape index (κ1) is 16.8. The molecule has 0 aromatic heterocycles. The van der Waals surface area contributed by atoms with Crippen LogP contribution in [0.1, 0.15) is 29.6 Å². The largest absolute Gasteiger partial charge is 0.467 e. The van der Waals surface area contributed by atoms with Crippen LogP contribution in [0.3, 0.4) is 0 Å². The van der Waals surface area contributed by atoms with Crippen LogP contribution < -0.4 is 0 Å². The van der Waals surface area contributed by atoms with Gasteiger partial charge in [0.15, 0.2) is 0 Å². The van der Waals surface area contributed by atoms with E-state index in [0.29, 0.717) is 32.1 Å². The van der Waals surface area contributed by atoms with Gasteiger partial charge in [-0.15, -0.1) is 0 Å². The highest BCUT2D eigenvalue weighted by Gasteiger charge is 2.34. The number of likely N-dealkylation sites (tertiary alicyclic amines) is 1. The van der Waals surface area contributed by atoms with Crippen molar-refractivity contribution >= 4 is 57.7 Å². The number of halogens is 3. The van der Waals surface area contributed by atoms with Gasteiger partial charge in [-0.2, -0.15) is 0 Å². The number of piperidine rings is 1. The first-order chi connectivity index (χ1) is 9.95. The smallest absolute Gasteiger partial charge is 0.328 e. The van der Waals surface area contributed by atoms with E-state index in [1.165, 1.54) is 7.11 Å². The molecule has 0 N–H and O–H groups in total. The minimum Gasteiger partial charge on any atom is -0.467 e. The molecule has 1 aromatic carbocycles. The molecular formula is C14H14Cl2INO3. The van der Waals surface area contributed by atoms with Crippen LogP contribution in [0.25, 0.3) is 0 Å². The van der Waals surface area contributed by atoms with Crippen LogP contribution in [-0.2, 0) is 9.53 Å². The van der Waals surface area contributed by atoms with Crippen molar-refractivity contribution < 1.29 is 14.3 Å². The Labute approximate surface area is 146 Å². The van der Waals surface area contributed by atoms with Gasteiger partial charge in [0, 0.05) is 15.1 Å². The Bertz CT molecular complexity index is 580. The van der Waals surface area contributed by atoms with Crippen LogP contribution in [0.4, 0.5) is 0 Å². The predicted molar refractivity (Wildman–Crippen MR) is 89.9 cm³/mol. The lowest BCUT2D eigenvalue weighted by atomic mass is 10.0. The first-order valence-electron chi connectivity index (χ1n) is 6.49. The Morgan fingerprint density at radius 3 is 2.71 bits per heavy atom. The summed E-state index contributed by atoms with van der Waals surface area (Å²) >= 11 is 14.1. The maximum atomic E-state index is 12.8. The molecule has 2 rings (SSSR count). The van der Waals surface area contributed by atoms with E-state index in [1.54, 1.807) is 17.0 Å². The average molecular weight is 442 g/mol. The van der Waals surface area contributed by atoms with Crippen molar-refractivity contribution in [2.45, 2.75) is 25.3 Å². The zero-order valence-electron chi connectivity index (χ0n) is 11.4. The van der Waals surface area contributed by atoms with E-state index in [9.17, 15) is 9.59 Å². The third kappa shape index (κ3) is 3.63. The molecule has 114 valence electrons. The van der Waals surface area contributed by atoms with Crippen molar-refractivity contribution in [3.05, 3.63) is 31.3 Å². The van der Waals surface area contributed by atoms with Crippen molar-refractivity contribution in [2.24, 2.45) is 0 Å². The van der Waals surface area contributed by atoms with E-state index in [4.69, 9.17) is 27.9 Å². The number of methoxy groups -OCH3 is 1. The third-order valence-corrected chi connectivity index (χ3v) is 5.46. The normalized spacial score (nSPS) is 18.5. The minimum absolute atomic E-state index is 0.237. The molecule has 0 aliphatic carbocycles. The van der Waals surface area contributed by atoms with Crippen molar-refractivity contribution in [3.8, 4) is 0 Å². The quantitative estimate of drug-likeness (QED) is 0.398. The summed E-state index contributed by atoms with van der Waals surface area (Å²) in [6.07, 6.45) is 2.38. The molecule has 1 atom stereocenters. The van der Waals surface area contributed by atoms with Crippen molar-refractivity contribution in [1.82, 2.24) is 4.90 Å². The van der Waals surface area contributed by atoms with E-state index in [-0.39, 0.29) is 11.9 Å². The highest BCUT2D eigenvalue weighted by molar-refractivity contribution is 14.1. The molecular weight excluding hydrogens is 428 g/mol. The monoisotopic (exact) mass is 441 g/mol. The summed E-state index contributed by atoms with van der Waals surface area (Å²) in [6.45, 7) is 0.527. The lowest BCUT2D eigenvalue weighted by Gasteiger charge is -2.34. The fourth-order valence-corrected chi connectivity index (χ4v) is 3.46. The Morgan fingerprint density at radius 2 is 2.05 bits per heavy atom. The van der Waals surface area contributed by atoms with E-state index >= 15 is 0 Å². The number of benzene rings is 1. The minimum atomic E-state index is -0.537. The lowest BCUT2D eigenvalue weighted by molar-refractivity contribution is -0.147. The van der Waals surface area contributed by atoms with Gasteiger partial charge in [0.05, 0.1) is 17.7 Å². The molecule has 0 saturated carbocycles. The fraction of sp³-hybridized carbons (Fsp3) is 0.429. The number of ether oxygens (including phenoxy) is 1. The second-order valence-corrected chi connectivity index (χ2v) is 6.70. The van der Waals surface area contributed by atoms with Gasteiger partial charge in [0.1, 0.15) is 6.04 Å². The number of amides is 1. The highest BCUT2D eigenvalue weighted by atomic mass is 127. The van der Waals surface area contributed by atoms with Crippen LogP contribution in [-0.4, -0.2) is 36.5 Å². The van der Waals surface area contributed by atoms with E-state index in [2.05, 4.69) is 0 Å². The highest BCUT2D eigenvalue weighted by Crippen LogP contribution is 2.29. The summed E-state index contributed by atoms with van der Waals surface area (Å²) in [5.41, 5.74) is 0.420. The molecule has 0 bridgehead atoms. The molecule has 1 aromatic rings. The first-order valence-corrected chi connectivity index (χ1v) is 8.32. The Balaban J connectivity index is 2.35. The molecule has 1 saturated heterocycles. The summed E-state index contributed by atoms with van der Waals surface area (Å²) < 4.78 is 5.43. The van der Waals surface area contributed by atoms with E-state index < -0.39 is 6.04 Å². The second kappa shape index (κ2) is 7.15. The SMILES string of the molecule is COC(=O)[C@H]1CCCCN1C(=O)c1cc(Cl)cc(Cl)c1I. The van der Waals surface area contributed by atoms with Crippen LogP contribution in [0.2, 0.25) is 10.0 Å². The second-order valence-electron chi connectivity index (χ2n) is 4.78. The van der Waals surface area contributed by atoms with Crippen LogP contribution in [0, 0.1) is 3.57 Å². The third-order valence-electron chi connectivity index (χ3n) is 3.46. The average Bonchev–Trinajstić information content (AvgIpc) is 2.49. The molecule has 0 unspecified atom stereocenters. The van der Waals surface area contributed by atoms with Gasteiger partial charge < -0.3 is 9.64 Å². The maximum Gasteiger partial charge on any atom is 0.328 e. The van der Waals surface area contributed by atoms with Gasteiger partial charge in [-0.3, -0.25) is 4.79 Å². The van der Waals surface area contributed by atoms with Gasteiger partial charge >= 0.3 is 5.97 Å². The zero-order valence-corrected chi connectivity index (χ0v) is 15.0. The molecule has 1 heterocycles. The summed E-state index contributed by atoms with van der Waals surface area (Å²) in [5.74, 6) is -0.620. The molecule has 0 radical (unpaired) electrons. The summed E-state index contributed by atoms with van der Waals surface area (Å²) in [5, 5.41) is 0.827. The van der Waals surface area contributed by atoms with E-state index in [0.717, 1.165) is 12.8 Å². The Hall–Kier alpha value is -0.530. The molecule has 0 spiro atoms. The van der Waals surface area contributed by atoms with Gasteiger partial charge in [-0.1, -0.05) is 23.2 Å². The lowest BCUT2D eigenvalue weighted by Crippen LogP contribution is -2.48. The molecule has 1 aliphatic rings. The summed E-state index contributed by atoms with van der Waals surface area (Å²) in [6, 6.07) is 2.64. The Kier molecular flexibility index (Phi) is 5.73. The zero-order chi connectivity index (χ0) is 15.6. The topological polar surface area (TPSA) is 46.6 Å². The van der Waals surface area contributed by atoms with Gasteiger partial charge in [-0.05, 0) is 54.0 Å². The van der Waals surface area contributed by atoms with Gasteiger partial charge in [-0.25, -0.2) is 4.79 Å². The molecule has 7 heteroatoms. The number of esters is 1. The molecule has 1 amide bonds. The maximum absolute atomic E-state index is 12.8. The number of hydrogen-bond acceptors (Lipinski definition) is 3. The van der Waals surface area contributed by atoms with Crippen molar-refractivity contribution in [1.29, 1.82) is 0 Å². The molecule has 21 heavy (non-hydrogen) atoms. The van der Waals surface area contributed by atoms with Crippen LogP contribution >= 0.6 is 45.8 Å². The van der Waals surface area contributed by atoms with E-state index in [1.807, 2.05) is 22.6 Å². The summed E-state index contributed by atoms with van der Waals surface area (Å²) in [4.78, 5) is 26.2. The Morgan fingerprint density at radius 1 is 1.33 bits per heavy atom. The number of carbonyl (C=O) groups is 2. The van der Waals surface area contributed by atoms with Crippen molar-refractivity contribution in [3.63, 3.8) is 0 Å². The number of nitrogens with zero attached hydrogens (tertiary/aromatic N) is 1. The predicted octanol–water partition coefficient (Wildman–Crippen LogP) is 3.77. The molecule has 1 fully saturated rings. The van der Waals surface area contributed by atoms with Crippen molar-refractivity contribution in [2.75, 3.05) is 13.7 Å². The number of hydrogen-bond donors (Lipinski definition) is 0. The molecule has 4 nitrogen and oxygen atoms in total. The van der Waals surface area contributed by atoms with Crippen LogP contribution in [0.5, 0.6) is 0 Å². The fourth-order valence-electron chi connectivity index (χ4n) is 2.42. The van der Waals surface area contributed by atoms with Crippen LogP contribution in [0.15, 0.2) is 12.1 Å².